The molecule has 1 aromatic rings. The number of rotatable bonds is 3. The van der Waals surface area contributed by atoms with Gasteiger partial charge in [-0.1, -0.05) is 24.4 Å². The van der Waals surface area contributed by atoms with Crippen LogP contribution in [0.2, 0.25) is 5.02 Å². The molecule has 0 aliphatic carbocycles. The van der Waals surface area contributed by atoms with Crippen LogP contribution in [-0.4, -0.2) is 42.2 Å². The highest BCUT2D eigenvalue weighted by Crippen LogP contribution is 2.25. The molecule has 1 unspecified atom stereocenters. The Labute approximate surface area is 124 Å². The largest absolute Gasteiger partial charge is 0.394 e. The maximum absolute atomic E-state index is 12.8. The Bertz CT molecular complexity index is 479. The van der Waals surface area contributed by atoms with Crippen LogP contribution in [0.1, 0.15) is 36.0 Å². The van der Waals surface area contributed by atoms with Gasteiger partial charge >= 0.3 is 0 Å². The summed E-state index contributed by atoms with van der Waals surface area (Å²) in [6.45, 7) is 0.709. The van der Waals surface area contributed by atoms with E-state index in [1.165, 1.54) is 0 Å². The lowest BCUT2D eigenvalue weighted by Crippen LogP contribution is -2.42. The number of likely N-dealkylation sites (tertiary alicyclic amines) is 1. The van der Waals surface area contributed by atoms with Gasteiger partial charge in [0.05, 0.1) is 18.2 Å². The molecule has 0 spiro atoms. The highest BCUT2D eigenvalue weighted by molar-refractivity contribution is 6.31. The Morgan fingerprint density at radius 1 is 1.45 bits per heavy atom. The van der Waals surface area contributed by atoms with Crippen LogP contribution in [0.3, 0.4) is 0 Å². The van der Waals surface area contributed by atoms with E-state index < -0.39 is 0 Å². The van der Waals surface area contributed by atoms with E-state index in [4.69, 9.17) is 11.6 Å². The number of carbonyl (C=O) groups excluding carboxylic acids is 1. The summed E-state index contributed by atoms with van der Waals surface area (Å²) in [5.74, 6) is -0.0576. The first-order valence-electron chi connectivity index (χ1n) is 7.06. The number of carbonyl (C=O) groups is 1. The Hall–Kier alpha value is -1.26. The van der Waals surface area contributed by atoms with Crippen LogP contribution in [0.15, 0.2) is 18.2 Å². The summed E-state index contributed by atoms with van der Waals surface area (Å²) in [5.41, 5.74) is 1.33. The second-order valence-electron chi connectivity index (χ2n) is 5.12. The molecule has 20 heavy (non-hydrogen) atoms. The molecule has 1 heterocycles. The number of hydrogen-bond donors (Lipinski definition) is 2. The van der Waals surface area contributed by atoms with Gasteiger partial charge in [0, 0.05) is 24.3 Å². The third-order valence-corrected chi connectivity index (χ3v) is 4.07. The maximum atomic E-state index is 12.8. The van der Waals surface area contributed by atoms with Crippen molar-refractivity contribution in [3.05, 3.63) is 28.8 Å². The van der Waals surface area contributed by atoms with Crippen LogP contribution < -0.4 is 5.32 Å². The van der Waals surface area contributed by atoms with Gasteiger partial charge in [-0.25, -0.2) is 0 Å². The van der Waals surface area contributed by atoms with Crippen molar-refractivity contribution < 1.29 is 9.90 Å². The zero-order valence-electron chi connectivity index (χ0n) is 11.7. The molecule has 5 heteroatoms. The van der Waals surface area contributed by atoms with Crippen LogP contribution >= 0.6 is 11.6 Å². The standard InChI is InChI=1S/C15H21ClN2O2/c1-17-14-7-6-11(16)9-13(14)15(20)18-8-4-2-3-5-12(18)10-19/h6-7,9,12,17,19H,2-5,8,10H2,1H3. The molecule has 110 valence electrons. The number of hydrogen-bond acceptors (Lipinski definition) is 3. The van der Waals surface area contributed by atoms with Crippen molar-refractivity contribution in [3.63, 3.8) is 0 Å². The molecule has 1 atom stereocenters. The van der Waals surface area contributed by atoms with Crippen LogP contribution in [-0.2, 0) is 0 Å². The lowest BCUT2D eigenvalue weighted by molar-refractivity contribution is 0.0601. The maximum Gasteiger partial charge on any atom is 0.256 e. The Morgan fingerprint density at radius 3 is 2.95 bits per heavy atom. The zero-order valence-corrected chi connectivity index (χ0v) is 12.5. The van der Waals surface area contributed by atoms with Crippen LogP contribution in [0.5, 0.6) is 0 Å². The van der Waals surface area contributed by atoms with E-state index >= 15 is 0 Å². The average Bonchev–Trinajstić information content (AvgIpc) is 2.71. The molecule has 1 aromatic carbocycles. The van der Waals surface area contributed by atoms with Crippen molar-refractivity contribution in [1.29, 1.82) is 0 Å². The van der Waals surface area contributed by atoms with E-state index in [0.29, 0.717) is 17.1 Å². The minimum absolute atomic E-state index is 0.0151. The van der Waals surface area contributed by atoms with Crippen molar-refractivity contribution in [2.45, 2.75) is 31.7 Å². The third-order valence-electron chi connectivity index (χ3n) is 3.83. The van der Waals surface area contributed by atoms with E-state index in [0.717, 1.165) is 31.4 Å². The Morgan fingerprint density at radius 2 is 2.25 bits per heavy atom. The molecule has 2 N–H and O–H groups in total. The van der Waals surface area contributed by atoms with Crippen LogP contribution in [0.25, 0.3) is 0 Å². The predicted molar refractivity (Wildman–Crippen MR) is 81.4 cm³/mol. The molecular formula is C15H21ClN2O2. The minimum Gasteiger partial charge on any atom is -0.394 e. The number of nitrogens with zero attached hydrogens (tertiary/aromatic N) is 1. The van der Waals surface area contributed by atoms with Crippen molar-refractivity contribution >= 4 is 23.2 Å². The van der Waals surface area contributed by atoms with E-state index in [-0.39, 0.29) is 18.6 Å². The fourth-order valence-electron chi connectivity index (χ4n) is 2.70. The van der Waals surface area contributed by atoms with E-state index in [9.17, 15) is 9.90 Å². The molecule has 1 fully saturated rings. The fraction of sp³-hybridized carbons (Fsp3) is 0.533. The van der Waals surface area contributed by atoms with E-state index in [1.54, 1.807) is 30.1 Å². The number of aliphatic hydroxyl groups is 1. The zero-order chi connectivity index (χ0) is 14.5. The minimum atomic E-state index is -0.0892. The van der Waals surface area contributed by atoms with E-state index in [1.807, 2.05) is 0 Å². The topological polar surface area (TPSA) is 52.6 Å². The second-order valence-corrected chi connectivity index (χ2v) is 5.56. The highest BCUT2D eigenvalue weighted by atomic mass is 35.5. The molecule has 1 aliphatic heterocycles. The normalized spacial score (nSPS) is 19.6. The number of amides is 1. The van der Waals surface area contributed by atoms with Crippen LogP contribution in [0, 0.1) is 0 Å². The summed E-state index contributed by atoms with van der Waals surface area (Å²) in [4.78, 5) is 14.6. The monoisotopic (exact) mass is 296 g/mol. The number of aliphatic hydroxyl groups excluding tert-OH is 1. The van der Waals surface area contributed by atoms with Gasteiger partial charge in [-0.15, -0.1) is 0 Å². The first-order chi connectivity index (χ1) is 9.67. The second kappa shape index (κ2) is 6.95. The SMILES string of the molecule is CNc1ccc(Cl)cc1C(=O)N1CCCCCC1CO. The number of anilines is 1. The van der Waals surface area contributed by atoms with Crippen molar-refractivity contribution in [2.75, 3.05) is 25.5 Å². The first-order valence-corrected chi connectivity index (χ1v) is 7.44. The van der Waals surface area contributed by atoms with Crippen molar-refractivity contribution in [1.82, 2.24) is 4.90 Å². The Balaban J connectivity index is 2.30. The molecule has 1 aliphatic rings. The summed E-state index contributed by atoms with van der Waals surface area (Å²) < 4.78 is 0. The lowest BCUT2D eigenvalue weighted by atomic mass is 10.1. The van der Waals surface area contributed by atoms with Gasteiger partial charge in [-0.3, -0.25) is 4.79 Å². The Kier molecular flexibility index (Phi) is 5.26. The molecule has 4 nitrogen and oxygen atoms in total. The summed E-state index contributed by atoms with van der Waals surface area (Å²) in [7, 11) is 1.78. The lowest BCUT2D eigenvalue weighted by Gasteiger charge is -2.29. The third kappa shape index (κ3) is 3.25. The first kappa shape index (κ1) is 15.1. The molecular weight excluding hydrogens is 276 g/mol. The number of benzene rings is 1. The average molecular weight is 297 g/mol. The molecule has 0 saturated carbocycles. The summed E-state index contributed by atoms with van der Waals surface area (Å²) in [6, 6.07) is 5.17. The quantitative estimate of drug-likeness (QED) is 0.902. The summed E-state index contributed by atoms with van der Waals surface area (Å²) in [6.07, 6.45) is 4.01. The van der Waals surface area contributed by atoms with Crippen molar-refractivity contribution in [3.8, 4) is 0 Å². The van der Waals surface area contributed by atoms with Crippen molar-refractivity contribution in [2.24, 2.45) is 0 Å². The smallest absolute Gasteiger partial charge is 0.256 e. The summed E-state index contributed by atoms with van der Waals surface area (Å²) >= 11 is 6.01. The number of halogens is 1. The van der Waals surface area contributed by atoms with Gasteiger partial charge in [0.25, 0.3) is 5.91 Å². The molecule has 0 aromatic heterocycles. The molecule has 0 radical (unpaired) electrons. The van der Waals surface area contributed by atoms with Gasteiger partial charge < -0.3 is 15.3 Å². The van der Waals surface area contributed by atoms with E-state index in [2.05, 4.69) is 5.32 Å². The predicted octanol–water partition coefficient (Wildman–Crippen LogP) is 2.76. The molecule has 2 rings (SSSR count). The van der Waals surface area contributed by atoms with Gasteiger partial charge in [-0.05, 0) is 31.0 Å². The van der Waals surface area contributed by atoms with Gasteiger partial charge in [0.15, 0.2) is 0 Å². The fourth-order valence-corrected chi connectivity index (χ4v) is 2.87. The highest BCUT2D eigenvalue weighted by Gasteiger charge is 2.27. The molecule has 1 amide bonds. The molecule has 1 saturated heterocycles. The number of nitrogens with one attached hydrogen (secondary N) is 1. The van der Waals surface area contributed by atoms with Gasteiger partial charge in [-0.2, -0.15) is 0 Å². The molecule has 0 bridgehead atoms. The van der Waals surface area contributed by atoms with Gasteiger partial charge in [0.1, 0.15) is 0 Å². The summed E-state index contributed by atoms with van der Waals surface area (Å²) in [5, 5.41) is 13.1. The van der Waals surface area contributed by atoms with Crippen LogP contribution in [0.4, 0.5) is 5.69 Å². The van der Waals surface area contributed by atoms with Gasteiger partial charge in [0.2, 0.25) is 0 Å².